The highest BCUT2D eigenvalue weighted by molar-refractivity contribution is 6.31. The lowest BCUT2D eigenvalue weighted by atomic mass is 9.99. The second kappa shape index (κ2) is 9.13. The van der Waals surface area contributed by atoms with Crippen LogP contribution < -0.4 is 10.6 Å². The van der Waals surface area contributed by atoms with Gasteiger partial charge in [-0.15, -0.1) is 0 Å². The molecule has 1 fully saturated rings. The molecule has 0 spiro atoms. The molecule has 0 bridgehead atoms. The van der Waals surface area contributed by atoms with Gasteiger partial charge in [0.1, 0.15) is 0 Å². The standard InChI is InChI=1S/C23H23ClF3N3O2/c24-19-7-6-14(11-18(19)23(25,26)27)12-21(31)29-20-5-1-4-17-16(20)8-10-30(22(17)32)13-15-3-2-9-28-15/h1,4-8,10-11,15,22,28,32H,2-3,9,12-13H2,(H,29,31)/t15-,22?/m0/s1. The largest absolute Gasteiger partial charge is 0.417 e. The Bertz CT molecular complexity index is 1040. The van der Waals surface area contributed by atoms with Crippen LogP contribution in [-0.2, 0) is 17.4 Å². The van der Waals surface area contributed by atoms with Crippen molar-refractivity contribution in [2.24, 2.45) is 0 Å². The molecule has 0 radical (unpaired) electrons. The smallest absolute Gasteiger partial charge is 0.369 e. The van der Waals surface area contributed by atoms with E-state index in [0.717, 1.165) is 31.5 Å². The highest BCUT2D eigenvalue weighted by Crippen LogP contribution is 2.36. The van der Waals surface area contributed by atoms with E-state index < -0.39 is 28.9 Å². The summed E-state index contributed by atoms with van der Waals surface area (Å²) in [6.07, 6.45) is 0.122. The Hall–Kier alpha value is -2.55. The molecule has 170 valence electrons. The summed E-state index contributed by atoms with van der Waals surface area (Å²) in [5.41, 5.74) is 1.07. The molecule has 32 heavy (non-hydrogen) atoms. The van der Waals surface area contributed by atoms with Gasteiger partial charge in [-0.25, -0.2) is 0 Å². The first kappa shape index (κ1) is 22.6. The number of halogens is 4. The van der Waals surface area contributed by atoms with Crippen molar-refractivity contribution >= 4 is 29.3 Å². The number of alkyl halides is 3. The Balaban J connectivity index is 1.48. The zero-order chi connectivity index (χ0) is 22.9. The Kier molecular flexibility index (Phi) is 6.46. The van der Waals surface area contributed by atoms with E-state index in [1.165, 1.54) is 6.07 Å². The first-order chi connectivity index (χ1) is 15.2. The third-order valence-electron chi connectivity index (χ3n) is 5.73. The second-order valence-corrected chi connectivity index (χ2v) is 8.43. The molecule has 1 amide bonds. The van der Waals surface area contributed by atoms with Gasteiger partial charge in [0.25, 0.3) is 0 Å². The number of aliphatic hydroxyl groups is 1. The van der Waals surface area contributed by atoms with Crippen LogP contribution in [0.1, 0.15) is 41.3 Å². The maximum atomic E-state index is 13.1. The molecule has 0 saturated carbocycles. The highest BCUT2D eigenvalue weighted by Gasteiger charge is 2.33. The topological polar surface area (TPSA) is 64.6 Å². The summed E-state index contributed by atoms with van der Waals surface area (Å²) in [5, 5.41) is 16.6. The Morgan fingerprint density at radius 2 is 2.09 bits per heavy atom. The third kappa shape index (κ3) is 4.92. The van der Waals surface area contributed by atoms with Gasteiger partial charge in [-0.1, -0.05) is 29.8 Å². The lowest BCUT2D eigenvalue weighted by molar-refractivity contribution is -0.137. The Labute approximate surface area is 188 Å². The van der Waals surface area contributed by atoms with Crippen LogP contribution in [-0.4, -0.2) is 35.0 Å². The predicted molar refractivity (Wildman–Crippen MR) is 117 cm³/mol. The summed E-state index contributed by atoms with van der Waals surface area (Å²) >= 11 is 5.65. The van der Waals surface area contributed by atoms with Crippen molar-refractivity contribution in [1.82, 2.24) is 10.2 Å². The minimum atomic E-state index is -4.59. The molecule has 2 aliphatic rings. The van der Waals surface area contributed by atoms with E-state index >= 15 is 0 Å². The normalized spacial score (nSPS) is 20.3. The van der Waals surface area contributed by atoms with E-state index in [1.807, 2.05) is 11.0 Å². The number of aliphatic hydroxyl groups excluding tert-OH is 1. The maximum absolute atomic E-state index is 13.1. The van der Waals surface area contributed by atoms with Crippen LogP contribution in [0.15, 0.2) is 42.6 Å². The Morgan fingerprint density at radius 1 is 1.28 bits per heavy atom. The number of rotatable bonds is 5. The van der Waals surface area contributed by atoms with Gasteiger partial charge in [0.2, 0.25) is 5.91 Å². The van der Waals surface area contributed by atoms with Gasteiger partial charge in [-0.3, -0.25) is 4.79 Å². The number of fused-ring (bicyclic) bond motifs is 1. The van der Waals surface area contributed by atoms with Crippen LogP contribution in [0.25, 0.3) is 6.08 Å². The molecule has 0 aromatic heterocycles. The molecule has 2 aliphatic heterocycles. The van der Waals surface area contributed by atoms with E-state index in [9.17, 15) is 23.1 Å². The number of amides is 1. The average molecular weight is 466 g/mol. The van der Waals surface area contributed by atoms with E-state index in [1.54, 1.807) is 24.4 Å². The molecule has 9 heteroatoms. The van der Waals surface area contributed by atoms with Crippen LogP contribution in [0.4, 0.5) is 18.9 Å². The van der Waals surface area contributed by atoms with Crippen molar-refractivity contribution in [3.05, 3.63) is 69.9 Å². The molecule has 4 rings (SSSR count). The number of anilines is 1. The molecule has 5 nitrogen and oxygen atoms in total. The first-order valence-electron chi connectivity index (χ1n) is 10.4. The SMILES string of the molecule is O=C(Cc1ccc(Cl)c(C(F)(F)F)c1)Nc1cccc2c1C=CN(C[C@@H]1CCCN1)C2O. The molecule has 2 aromatic carbocycles. The number of nitrogens with zero attached hydrogens (tertiary/aromatic N) is 1. The lowest BCUT2D eigenvalue weighted by Gasteiger charge is -2.33. The van der Waals surface area contributed by atoms with E-state index in [4.69, 9.17) is 11.6 Å². The van der Waals surface area contributed by atoms with Gasteiger partial charge in [-0.2, -0.15) is 13.2 Å². The summed E-state index contributed by atoms with van der Waals surface area (Å²) in [6, 6.07) is 8.97. The summed E-state index contributed by atoms with van der Waals surface area (Å²) in [4.78, 5) is 14.4. The predicted octanol–water partition coefficient (Wildman–Crippen LogP) is 4.57. The fraction of sp³-hybridized carbons (Fsp3) is 0.348. The van der Waals surface area contributed by atoms with Gasteiger partial charge >= 0.3 is 6.18 Å². The molecular formula is C23H23ClF3N3O2. The minimum absolute atomic E-state index is 0.204. The number of hydrogen-bond donors (Lipinski definition) is 3. The highest BCUT2D eigenvalue weighted by atomic mass is 35.5. The van der Waals surface area contributed by atoms with Crippen molar-refractivity contribution in [2.45, 2.75) is 37.7 Å². The number of nitrogens with one attached hydrogen (secondary N) is 2. The first-order valence-corrected chi connectivity index (χ1v) is 10.7. The quantitative estimate of drug-likeness (QED) is 0.605. The molecule has 1 saturated heterocycles. The van der Waals surface area contributed by atoms with Crippen molar-refractivity contribution in [1.29, 1.82) is 0 Å². The number of carbonyl (C=O) groups is 1. The average Bonchev–Trinajstić information content (AvgIpc) is 3.24. The van der Waals surface area contributed by atoms with E-state index in [2.05, 4.69) is 10.6 Å². The zero-order valence-corrected chi connectivity index (χ0v) is 17.9. The summed E-state index contributed by atoms with van der Waals surface area (Å²) in [5.74, 6) is -0.464. The van der Waals surface area contributed by atoms with Gasteiger partial charge in [0, 0.05) is 35.6 Å². The van der Waals surface area contributed by atoms with Gasteiger partial charge in [-0.05, 0) is 49.2 Å². The summed E-state index contributed by atoms with van der Waals surface area (Å²) in [6.45, 7) is 1.65. The van der Waals surface area contributed by atoms with Crippen molar-refractivity contribution in [3.63, 3.8) is 0 Å². The van der Waals surface area contributed by atoms with Crippen molar-refractivity contribution in [2.75, 3.05) is 18.4 Å². The molecular weight excluding hydrogens is 443 g/mol. The van der Waals surface area contributed by atoms with Gasteiger partial charge in [0.05, 0.1) is 17.0 Å². The van der Waals surface area contributed by atoms with Crippen LogP contribution in [0, 0.1) is 0 Å². The molecule has 2 heterocycles. The summed E-state index contributed by atoms with van der Waals surface area (Å²) in [7, 11) is 0. The summed E-state index contributed by atoms with van der Waals surface area (Å²) < 4.78 is 39.2. The van der Waals surface area contributed by atoms with Crippen LogP contribution in [0.5, 0.6) is 0 Å². The fourth-order valence-corrected chi connectivity index (χ4v) is 4.37. The van der Waals surface area contributed by atoms with Gasteiger partial charge < -0.3 is 20.6 Å². The lowest BCUT2D eigenvalue weighted by Crippen LogP contribution is -2.38. The van der Waals surface area contributed by atoms with E-state index in [-0.39, 0.29) is 12.0 Å². The van der Waals surface area contributed by atoms with Crippen LogP contribution in [0.2, 0.25) is 5.02 Å². The molecule has 3 N–H and O–H groups in total. The minimum Gasteiger partial charge on any atom is -0.369 e. The van der Waals surface area contributed by atoms with Crippen molar-refractivity contribution < 1.29 is 23.1 Å². The van der Waals surface area contributed by atoms with Crippen LogP contribution >= 0.6 is 11.6 Å². The van der Waals surface area contributed by atoms with Crippen molar-refractivity contribution in [3.8, 4) is 0 Å². The zero-order valence-electron chi connectivity index (χ0n) is 17.1. The maximum Gasteiger partial charge on any atom is 0.417 e. The fourth-order valence-electron chi connectivity index (χ4n) is 4.14. The molecule has 2 atom stereocenters. The number of carbonyl (C=O) groups excluding carboxylic acids is 1. The third-order valence-corrected chi connectivity index (χ3v) is 6.06. The van der Waals surface area contributed by atoms with E-state index in [0.29, 0.717) is 29.4 Å². The molecule has 0 aliphatic carbocycles. The molecule has 1 unspecified atom stereocenters. The number of benzene rings is 2. The Morgan fingerprint density at radius 3 is 2.81 bits per heavy atom. The number of hydrogen-bond acceptors (Lipinski definition) is 4. The molecule has 2 aromatic rings. The monoisotopic (exact) mass is 465 g/mol. The van der Waals surface area contributed by atoms with Gasteiger partial charge in [0.15, 0.2) is 6.23 Å². The second-order valence-electron chi connectivity index (χ2n) is 8.02. The van der Waals surface area contributed by atoms with Crippen LogP contribution in [0.3, 0.4) is 0 Å².